The summed E-state index contributed by atoms with van der Waals surface area (Å²) >= 11 is 23.6. The number of amides is 1. The van der Waals surface area contributed by atoms with Crippen molar-refractivity contribution in [3.63, 3.8) is 0 Å². The van der Waals surface area contributed by atoms with Gasteiger partial charge in [0.2, 0.25) is 3.79 Å². The third kappa shape index (κ3) is 5.79. The van der Waals surface area contributed by atoms with E-state index in [9.17, 15) is 9.59 Å². The molecule has 0 fully saturated rings. The second-order valence-corrected chi connectivity index (χ2v) is 7.60. The highest BCUT2D eigenvalue weighted by Crippen LogP contribution is 2.36. The van der Waals surface area contributed by atoms with Crippen molar-refractivity contribution in [3.05, 3.63) is 34.9 Å². The highest BCUT2D eigenvalue weighted by Gasteiger charge is 2.35. The lowest BCUT2D eigenvalue weighted by Crippen LogP contribution is -2.42. The molecule has 1 aromatic carbocycles. The highest BCUT2D eigenvalue weighted by molar-refractivity contribution is 8.14. The van der Waals surface area contributed by atoms with E-state index in [0.717, 1.165) is 11.8 Å². The molecule has 0 heterocycles. The molecule has 104 valence electrons. The Balaban J connectivity index is 2.81. The number of hydrogen-bond donors (Lipinski definition) is 1. The summed E-state index contributed by atoms with van der Waals surface area (Å²) in [6, 6.07) is 6.20. The molecule has 1 unspecified atom stereocenters. The second kappa shape index (κ2) is 7.04. The maximum Gasteiger partial charge on any atom is 0.252 e. The van der Waals surface area contributed by atoms with Crippen molar-refractivity contribution in [2.45, 2.75) is 16.1 Å². The highest BCUT2D eigenvalue weighted by atomic mass is 35.6. The molecule has 1 amide bonds. The van der Waals surface area contributed by atoms with Crippen LogP contribution in [-0.4, -0.2) is 20.2 Å². The summed E-state index contributed by atoms with van der Waals surface area (Å²) in [7, 11) is 0. The Bertz CT molecular complexity index is 473. The van der Waals surface area contributed by atoms with Gasteiger partial charge in [0.1, 0.15) is 5.37 Å². The van der Waals surface area contributed by atoms with Gasteiger partial charge in [-0.15, -0.1) is 0 Å². The van der Waals surface area contributed by atoms with Crippen molar-refractivity contribution in [2.75, 3.05) is 0 Å². The summed E-state index contributed by atoms with van der Waals surface area (Å²) in [5.74, 6) is -0.457. The third-order valence-electron chi connectivity index (χ3n) is 1.95. The molecule has 1 N–H and O–H groups in total. The lowest BCUT2D eigenvalue weighted by Gasteiger charge is -2.23. The second-order valence-electron chi connectivity index (χ2n) is 3.51. The Morgan fingerprint density at radius 1 is 1.21 bits per heavy atom. The molecule has 0 aromatic heterocycles. The van der Waals surface area contributed by atoms with Crippen molar-refractivity contribution in [3.8, 4) is 0 Å². The fraction of sp³-hybridized carbons (Fsp3) is 0.273. The zero-order valence-corrected chi connectivity index (χ0v) is 13.5. The molecule has 0 saturated carbocycles. The molecule has 8 heteroatoms. The summed E-state index contributed by atoms with van der Waals surface area (Å²) in [6.45, 7) is 1.32. The molecular weight excluding hydrogens is 352 g/mol. The number of carbonyl (C=O) groups excluding carboxylic acids is 2. The van der Waals surface area contributed by atoms with Crippen LogP contribution in [0.3, 0.4) is 0 Å². The van der Waals surface area contributed by atoms with Crippen LogP contribution in [0.2, 0.25) is 5.02 Å². The Kier molecular flexibility index (Phi) is 6.27. The maximum absolute atomic E-state index is 11.9. The molecule has 0 aliphatic heterocycles. The van der Waals surface area contributed by atoms with Crippen molar-refractivity contribution in [1.29, 1.82) is 0 Å². The lowest BCUT2D eigenvalue weighted by molar-refractivity contribution is -0.109. The van der Waals surface area contributed by atoms with Gasteiger partial charge in [-0.05, 0) is 24.3 Å². The van der Waals surface area contributed by atoms with Gasteiger partial charge in [-0.1, -0.05) is 58.2 Å². The van der Waals surface area contributed by atoms with Crippen LogP contribution >= 0.6 is 58.2 Å². The topological polar surface area (TPSA) is 46.2 Å². The Morgan fingerprint density at radius 3 is 2.16 bits per heavy atom. The van der Waals surface area contributed by atoms with E-state index >= 15 is 0 Å². The zero-order chi connectivity index (χ0) is 14.6. The average Bonchev–Trinajstić information content (AvgIpc) is 2.27. The first kappa shape index (κ1) is 16.9. The minimum Gasteiger partial charge on any atom is -0.336 e. The van der Waals surface area contributed by atoms with Gasteiger partial charge in [-0.3, -0.25) is 9.59 Å². The molecule has 0 saturated heterocycles. The van der Waals surface area contributed by atoms with Gasteiger partial charge >= 0.3 is 0 Å². The summed E-state index contributed by atoms with van der Waals surface area (Å²) in [4.78, 5) is 23.0. The minimum atomic E-state index is -1.79. The molecule has 19 heavy (non-hydrogen) atoms. The van der Waals surface area contributed by atoms with Crippen LogP contribution in [0.15, 0.2) is 24.3 Å². The number of alkyl halides is 3. The molecule has 3 nitrogen and oxygen atoms in total. The molecule has 0 bridgehead atoms. The van der Waals surface area contributed by atoms with Crippen LogP contribution in [0.25, 0.3) is 0 Å². The van der Waals surface area contributed by atoms with E-state index in [0.29, 0.717) is 10.6 Å². The van der Waals surface area contributed by atoms with Crippen LogP contribution in [0.5, 0.6) is 0 Å². The normalized spacial score (nSPS) is 12.9. The number of halogens is 4. The van der Waals surface area contributed by atoms with Crippen molar-refractivity contribution >= 4 is 69.2 Å². The monoisotopic (exact) mass is 359 g/mol. The van der Waals surface area contributed by atoms with Crippen molar-refractivity contribution < 1.29 is 9.59 Å². The van der Waals surface area contributed by atoms with Gasteiger partial charge in [0, 0.05) is 17.5 Å². The van der Waals surface area contributed by atoms with Gasteiger partial charge < -0.3 is 5.32 Å². The van der Waals surface area contributed by atoms with Crippen LogP contribution in [0.4, 0.5) is 0 Å². The summed E-state index contributed by atoms with van der Waals surface area (Å²) in [5.41, 5.74) is 0.354. The Morgan fingerprint density at radius 2 is 1.74 bits per heavy atom. The van der Waals surface area contributed by atoms with Gasteiger partial charge in [0.25, 0.3) is 5.91 Å². The van der Waals surface area contributed by atoms with Gasteiger partial charge in [-0.25, -0.2) is 0 Å². The fourth-order valence-corrected chi connectivity index (χ4v) is 2.47. The number of thioether (sulfide) groups is 1. The van der Waals surface area contributed by atoms with Crippen LogP contribution in [0.1, 0.15) is 17.3 Å². The van der Waals surface area contributed by atoms with E-state index in [1.165, 1.54) is 19.1 Å². The SMILES string of the molecule is CC(=O)SC(NC(=O)c1ccc(Cl)cc1)C(Cl)(Cl)Cl. The molecule has 1 atom stereocenters. The largest absolute Gasteiger partial charge is 0.336 e. The molecule has 1 rings (SSSR count). The first-order valence-electron chi connectivity index (χ1n) is 5.00. The van der Waals surface area contributed by atoms with Gasteiger partial charge in [0.15, 0.2) is 5.12 Å². The third-order valence-corrected chi connectivity index (χ3v) is 4.28. The van der Waals surface area contributed by atoms with Crippen molar-refractivity contribution in [1.82, 2.24) is 5.32 Å². The quantitative estimate of drug-likeness (QED) is 0.653. The zero-order valence-electron chi connectivity index (χ0n) is 9.62. The average molecular weight is 361 g/mol. The Labute approximate surface area is 134 Å². The fourth-order valence-electron chi connectivity index (χ4n) is 1.15. The predicted octanol–water partition coefficient (Wildman–Crippen LogP) is 4.05. The summed E-state index contributed by atoms with van der Waals surface area (Å²) < 4.78 is -1.79. The maximum atomic E-state index is 11.9. The summed E-state index contributed by atoms with van der Waals surface area (Å²) in [6.07, 6.45) is 0. The summed E-state index contributed by atoms with van der Waals surface area (Å²) in [5, 5.41) is 1.75. The van der Waals surface area contributed by atoms with Crippen LogP contribution < -0.4 is 5.32 Å². The molecule has 1 aromatic rings. The van der Waals surface area contributed by atoms with E-state index in [-0.39, 0.29) is 5.12 Å². The number of rotatable bonds is 3. The van der Waals surface area contributed by atoms with E-state index in [1.54, 1.807) is 12.1 Å². The molecular formula is C11H9Cl4NO2S. The van der Waals surface area contributed by atoms with Crippen molar-refractivity contribution in [2.24, 2.45) is 0 Å². The number of nitrogens with one attached hydrogen (secondary N) is 1. The molecule has 0 aliphatic rings. The van der Waals surface area contributed by atoms with E-state index < -0.39 is 15.1 Å². The molecule has 0 aliphatic carbocycles. The van der Waals surface area contributed by atoms with Crippen LogP contribution in [0, 0.1) is 0 Å². The first-order chi connectivity index (χ1) is 8.70. The van der Waals surface area contributed by atoms with E-state index in [1.807, 2.05) is 0 Å². The molecule has 0 spiro atoms. The number of benzene rings is 1. The smallest absolute Gasteiger partial charge is 0.252 e. The first-order valence-corrected chi connectivity index (χ1v) is 7.39. The Hall–Kier alpha value is -0.130. The standard InChI is InChI=1S/C11H9Cl4NO2S/c1-6(17)19-10(11(13,14)15)16-9(18)7-2-4-8(12)5-3-7/h2-5,10H,1H3,(H,16,18). The van der Waals surface area contributed by atoms with E-state index in [4.69, 9.17) is 46.4 Å². The number of carbonyl (C=O) groups is 2. The van der Waals surface area contributed by atoms with E-state index in [2.05, 4.69) is 5.32 Å². The number of hydrogen-bond acceptors (Lipinski definition) is 3. The molecule has 0 radical (unpaired) electrons. The van der Waals surface area contributed by atoms with Crippen LogP contribution in [-0.2, 0) is 4.79 Å². The van der Waals surface area contributed by atoms with Gasteiger partial charge in [-0.2, -0.15) is 0 Å². The lowest BCUT2D eigenvalue weighted by atomic mass is 10.2. The predicted molar refractivity (Wildman–Crippen MR) is 81.3 cm³/mol. The van der Waals surface area contributed by atoms with Gasteiger partial charge in [0.05, 0.1) is 0 Å². The minimum absolute atomic E-state index is 0.271.